The van der Waals surface area contributed by atoms with Gasteiger partial charge in [-0.1, -0.05) is 12.1 Å². The maximum absolute atomic E-state index is 12.0. The lowest BCUT2D eigenvalue weighted by Crippen LogP contribution is -2.17. The summed E-state index contributed by atoms with van der Waals surface area (Å²) in [6, 6.07) is 7.35. The predicted molar refractivity (Wildman–Crippen MR) is 85.4 cm³/mol. The normalized spacial score (nSPS) is 15.2. The highest BCUT2D eigenvalue weighted by molar-refractivity contribution is 5.98. The number of fused-ring (bicyclic) bond motifs is 2. The number of aromatic carboxylic acids is 1. The molecule has 2 aromatic rings. The van der Waals surface area contributed by atoms with Crippen molar-refractivity contribution in [1.82, 2.24) is 9.88 Å². The van der Waals surface area contributed by atoms with Crippen LogP contribution < -0.4 is 4.74 Å². The molecular weight excluding hydrogens is 308 g/mol. The number of carboxylic acids is 1. The highest BCUT2D eigenvalue weighted by atomic mass is 16.5. The molecule has 0 bridgehead atoms. The number of aromatic nitrogens is 1. The molecule has 6 nitrogen and oxygen atoms in total. The minimum absolute atomic E-state index is 0.0397. The van der Waals surface area contributed by atoms with Crippen molar-refractivity contribution in [1.29, 1.82) is 0 Å². The van der Waals surface area contributed by atoms with E-state index in [9.17, 15) is 14.7 Å². The Bertz CT molecular complexity index is 876. The topological polar surface area (TPSA) is 79.7 Å². The van der Waals surface area contributed by atoms with Crippen LogP contribution in [0.3, 0.4) is 0 Å². The Balaban J connectivity index is 1.71. The van der Waals surface area contributed by atoms with Crippen molar-refractivity contribution in [2.75, 3.05) is 13.7 Å². The third-order valence-electron chi connectivity index (χ3n) is 4.47. The first-order valence-electron chi connectivity index (χ1n) is 7.79. The van der Waals surface area contributed by atoms with Crippen LogP contribution in [0.1, 0.15) is 43.2 Å². The molecule has 0 spiro atoms. The molecule has 0 saturated carbocycles. The second-order valence-electron chi connectivity index (χ2n) is 6.18. The van der Waals surface area contributed by atoms with Gasteiger partial charge < -0.3 is 14.7 Å². The van der Waals surface area contributed by atoms with Gasteiger partial charge in [-0.3, -0.25) is 4.79 Å². The quantitative estimate of drug-likeness (QED) is 0.932. The van der Waals surface area contributed by atoms with Gasteiger partial charge in [0.25, 0.3) is 5.91 Å². The van der Waals surface area contributed by atoms with E-state index in [0.717, 1.165) is 22.3 Å². The molecule has 1 aromatic heterocycles. The molecule has 1 amide bonds. The van der Waals surface area contributed by atoms with Gasteiger partial charge >= 0.3 is 5.97 Å². The Morgan fingerprint density at radius 1 is 1.38 bits per heavy atom. The van der Waals surface area contributed by atoms with Crippen molar-refractivity contribution in [3.05, 3.63) is 57.9 Å². The molecule has 2 aliphatic heterocycles. The maximum atomic E-state index is 12.0. The molecule has 0 fully saturated rings. The summed E-state index contributed by atoms with van der Waals surface area (Å²) >= 11 is 0. The molecule has 0 unspecified atom stereocenters. The zero-order chi connectivity index (χ0) is 16.8. The molecule has 6 heteroatoms. The van der Waals surface area contributed by atoms with E-state index in [0.29, 0.717) is 37.4 Å². The van der Waals surface area contributed by atoms with Crippen LogP contribution in [0.25, 0.3) is 0 Å². The fourth-order valence-corrected chi connectivity index (χ4v) is 3.33. The van der Waals surface area contributed by atoms with Crippen molar-refractivity contribution in [2.45, 2.75) is 19.4 Å². The van der Waals surface area contributed by atoms with Gasteiger partial charge in [0.2, 0.25) is 0 Å². The first kappa shape index (κ1) is 14.7. The molecule has 24 heavy (non-hydrogen) atoms. The molecule has 0 aliphatic carbocycles. The second kappa shape index (κ2) is 5.33. The molecular formula is C18H16N2O4. The van der Waals surface area contributed by atoms with Crippen LogP contribution in [0.4, 0.5) is 0 Å². The monoisotopic (exact) mass is 324 g/mol. The average Bonchev–Trinajstić information content (AvgIpc) is 3.12. The number of benzene rings is 1. The molecule has 2 aliphatic rings. The van der Waals surface area contributed by atoms with E-state index in [1.165, 1.54) is 0 Å². The number of carbonyl (C=O) groups excluding carboxylic acids is 1. The van der Waals surface area contributed by atoms with Crippen LogP contribution in [-0.2, 0) is 19.4 Å². The van der Waals surface area contributed by atoms with E-state index >= 15 is 0 Å². The van der Waals surface area contributed by atoms with Crippen molar-refractivity contribution >= 4 is 11.9 Å². The van der Waals surface area contributed by atoms with E-state index in [1.54, 1.807) is 18.0 Å². The van der Waals surface area contributed by atoms with E-state index < -0.39 is 5.97 Å². The van der Waals surface area contributed by atoms with Crippen molar-refractivity contribution in [3.63, 3.8) is 0 Å². The van der Waals surface area contributed by atoms with E-state index in [1.807, 2.05) is 18.2 Å². The third kappa shape index (κ3) is 2.31. The smallest absolute Gasteiger partial charge is 0.354 e. The summed E-state index contributed by atoms with van der Waals surface area (Å²) < 4.78 is 5.65. The molecule has 0 radical (unpaired) electrons. The number of rotatable bonds is 3. The van der Waals surface area contributed by atoms with Gasteiger partial charge in [0.05, 0.1) is 12.3 Å². The summed E-state index contributed by atoms with van der Waals surface area (Å²) in [5.74, 6) is -0.293. The van der Waals surface area contributed by atoms with Crippen LogP contribution in [0, 0.1) is 0 Å². The Labute approximate surface area is 138 Å². The number of pyridine rings is 1. The lowest BCUT2D eigenvalue weighted by Gasteiger charge is -2.10. The SMILES string of the molecule is CN1Cc2cc(Cc3cc(C(=O)O)nc4c3OCC4)ccc2C1=O. The fraction of sp³-hybridized carbons (Fsp3) is 0.278. The third-order valence-corrected chi connectivity index (χ3v) is 4.47. The Hall–Kier alpha value is -2.89. The van der Waals surface area contributed by atoms with Crippen molar-refractivity contribution in [3.8, 4) is 5.75 Å². The van der Waals surface area contributed by atoms with E-state index in [4.69, 9.17) is 4.74 Å². The summed E-state index contributed by atoms with van der Waals surface area (Å²) in [7, 11) is 1.78. The standard InChI is InChI=1S/C18H16N2O4/c1-20-9-12-7-10(2-3-13(12)17(20)21)6-11-8-15(18(22)23)19-14-4-5-24-16(11)14/h2-3,7-8H,4-6,9H2,1H3,(H,22,23). The summed E-state index contributed by atoms with van der Waals surface area (Å²) in [6.07, 6.45) is 1.18. The summed E-state index contributed by atoms with van der Waals surface area (Å²) in [6.45, 7) is 1.13. The molecule has 1 N–H and O–H groups in total. The molecule has 1 aromatic carbocycles. The number of hydrogen-bond acceptors (Lipinski definition) is 4. The highest BCUT2D eigenvalue weighted by Crippen LogP contribution is 2.31. The summed E-state index contributed by atoms with van der Waals surface area (Å²) in [5, 5.41) is 9.25. The van der Waals surface area contributed by atoms with Gasteiger partial charge in [-0.2, -0.15) is 0 Å². The maximum Gasteiger partial charge on any atom is 0.354 e. The highest BCUT2D eigenvalue weighted by Gasteiger charge is 2.25. The van der Waals surface area contributed by atoms with Gasteiger partial charge in [-0.05, 0) is 23.3 Å². The number of amides is 1. The van der Waals surface area contributed by atoms with Crippen LogP contribution in [-0.4, -0.2) is 40.5 Å². The zero-order valence-corrected chi connectivity index (χ0v) is 13.2. The zero-order valence-electron chi connectivity index (χ0n) is 13.2. The Kier molecular flexibility index (Phi) is 3.26. The Morgan fingerprint density at radius 2 is 2.21 bits per heavy atom. The second-order valence-corrected chi connectivity index (χ2v) is 6.18. The minimum atomic E-state index is -1.04. The largest absolute Gasteiger partial charge is 0.491 e. The number of nitrogens with zero attached hydrogens (tertiary/aromatic N) is 2. The van der Waals surface area contributed by atoms with Gasteiger partial charge in [-0.15, -0.1) is 0 Å². The first-order valence-corrected chi connectivity index (χ1v) is 7.79. The molecule has 0 saturated heterocycles. The van der Waals surface area contributed by atoms with Crippen LogP contribution in [0.2, 0.25) is 0 Å². The average molecular weight is 324 g/mol. The van der Waals surface area contributed by atoms with Gasteiger partial charge in [-0.25, -0.2) is 9.78 Å². The molecule has 0 atom stereocenters. The number of carboxylic acid groups (broad SMARTS) is 1. The van der Waals surface area contributed by atoms with E-state index in [2.05, 4.69) is 4.98 Å². The predicted octanol–water partition coefficient (Wildman–Crippen LogP) is 1.89. The van der Waals surface area contributed by atoms with Gasteiger partial charge in [0.1, 0.15) is 11.4 Å². The first-order chi connectivity index (χ1) is 11.5. The van der Waals surface area contributed by atoms with Gasteiger partial charge in [0.15, 0.2) is 0 Å². The van der Waals surface area contributed by atoms with Crippen molar-refractivity contribution < 1.29 is 19.4 Å². The summed E-state index contributed by atoms with van der Waals surface area (Å²) in [5.41, 5.74) is 4.35. The number of ether oxygens (including phenoxy) is 1. The fourth-order valence-electron chi connectivity index (χ4n) is 3.33. The Morgan fingerprint density at radius 3 is 3.00 bits per heavy atom. The number of carbonyl (C=O) groups is 2. The van der Waals surface area contributed by atoms with Gasteiger partial charge in [0, 0.05) is 37.6 Å². The molecule has 122 valence electrons. The molecule has 3 heterocycles. The van der Waals surface area contributed by atoms with Crippen LogP contribution in [0.5, 0.6) is 5.75 Å². The molecule has 4 rings (SSSR count). The van der Waals surface area contributed by atoms with E-state index in [-0.39, 0.29) is 11.6 Å². The number of hydrogen-bond donors (Lipinski definition) is 1. The van der Waals surface area contributed by atoms with Crippen molar-refractivity contribution in [2.24, 2.45) is 0 Å². The van der Waals surface area contributed by atoms with Crippen LogP contribution >= 0.6 is 0 Å². The van der Waals surface area contributed by atoms with Crippen LogP contribution in [0.15, 0.2) is 24.3 Å². The lowest BCUT2D eigenvalue weighted by atomic mass is 9.99. The summed E-state index contributed by atoms with van der Waals surface area (Å²) in [4.78, 5) is 29.1. The minimum Gasteiger partial charge on any atom is -0.491 e. The lowest BCUT2D eigenvalue weighted by molar-refractivity contribution is 0.0689.